The Labute approximate surface area is 103 Å². The number of H-pyrrole nitrogens is 1. The normalized spacial score (nSPS) is 10.4. The molecule has 0 atom stereocenters. The summed E-state index contributed by atoms with van der Waals surface area (Å²) in [5.41, 5.74) is 2.14. The summed E-state index contributed by atoms with van der Waals surface area (Å²) < 4.78 is 0. The Kier molecular flexibility index (Phi) is 2.49. The van der Waals surface area contributed by atoms with Crippen LogP contribution in [0.25, 0.3) is 10.9 Å². The Morgan fingerprint density at radius 3 is 2.83 bits per heavy atom. The Morgan fingerprint density at radius 1 is 1.17 bits per heavy atom. The van der Waals surface area contributed by atoms with Gasteiger partial charge in [0.2, 0.25) is 0 Å². The van der Waals surface area contributed by atoms with Crippen LogP contribution in [0.15, 0.2) is 49.2 Å². The zero-order chi connectivity index (χ0) is 12.4. The van der Waals surface area contributed by atoms with Gasteiger partial charge in [0.25, 0.3) is 5.91 Å². The van der Waals surface area contributed by atoms with Crippen LogP contribution in [0.5, 0.6) is 0 Å². The second-order valence-electron chi connectivity index (χ2n) is 3.83. The molecule has 0 saturated heterocycles. The molecule has 2 aromatic heterocycles. The first-order chi connectivity index (χ1) is 8.84. The van der Waals surface area contributed by atoms with Crippen LogP contribution in [0.3, 0.4) is 0 Å². The molecule has 5 heteroatoms. The van der Waals surface area contributed by atoms with Gasteiger partial charge in [-0.2, -0.15) is 0 Å². The molecule has 0 aliphatic carbocycles. The minimum absolute atomic E-state index is 0.171. The molecule has 0 fully saturated rings. The summed E-state index contributed by atoms with van der Waals surface area (Å²) in [6.07, 6.45) is 6.35. The highest BCUT2D eigenvalue weighted by Crippen LogP contribution is 2.18. The van der Waals surface area contributed by atoms with E-state index in [-0.39, 0.29) is 5.91 Å². The summed E-state index contributed by atoms with van der Waals surface area (Å²) >= 11 is 0. The van der Waals surface area contributed by atoms with Gasteiger partial charge in [-0.25, -0.2) is 9.97 Å². The number of aromatic nitrogens is 3. The van der Waals surface area contributed by atoms with Gasteiger partial charge < -0.3 is 10.3 Å². The summed E-state index contributed by atoms with van der Waals surface area (Å²) in [7, 11) is 0. The van der Waals surface area contributed by atoms with Crippen molar-refractivity contribution in [2.45, 2.75) is 0 Å². The number of hydrogen-bond donors (Lipinski definition) is 2. The van der Waals surface area contributed by atoms with Gasteiger partial charge in [0.15, 0.2) is 0 Å². The maximum absolute atomic E-state index is 12.1. The lowest BCUT2D eigenvalue weighted by atomic mass is 10.1. The van der Waals surface area contributed by atoms with Gasteiger partial charge in [0.05, 0.1) is 18.1 Å². The predicted octanol–water partition coefficient (Wildman–Crippen LogP) is 2.21. The minimum Gasteiger partial charge on any atom is -0.361 e. The van der Waals surface area contributed by atoms with Crippen LogP contribution in [0.4, 0.5) is 5.69 Å². The van der Waals surface area contributed by atoms with Crippen LogP contribution in [0, 0.1) is 0 Å². The number of fused-ring (bicyclic) bond motifs is 1. The third-order valence-electron chi connectivity index (χ3n) is 2.66. The van der Waals surface area contributed by atoms with E-state index in [0.717, 1.165) is 10.9 Å². The Balaban J connectivity index is 1.95. The molecule has 0 bridgehead atoms. The summed E-state index contributed by atoms with van der Waals surface area (Å²) in [6, 6.07) is 7.44. The molecular weight excluding hydrogens is 228 g/mol. The number of nitrogens with one attached hydrogen (secondary N) is 2. The highest BCUT2D eigenvalue weighted by Gasteiger charge is 2.10. The largest absolute Gasteiger partial charge is 0.361 e. The summed E-state index contributed by atoms with van der Waals surface area (Å²) in [4.78, 5) is 22.9. The van der Waals surface area contributed by atoms with Gasteiger partial charge in [-0.15, -0.1) is 0 Å². The fraction of sp³-hybridized carbons (Fsp3) is 0. The Morgan fingerprint density at radius 2 is 2.00 bits per heavy atom. The molecule has 0 spiro atoms. The number of anilines is 1. The highest BCUT2D eigenvalue weighted by atomic mass is 16.1. The number of benzene rings is 1. The van der Waals surface area contributed by atoms with Crippen LogP contribution < -0.4 is 5.32 Å². The summed E-state index contributed by atoms with van der Waals surface area (Å²) in [5.74, 6) is -0.171. The zero-order valence-corrected chi connectivity index (χ0v) is 9.42. The van der Waals surface area contributed by atoms with Crippen molar-refractivity contribution < 1.29 is 4.79 Å². The number of hydrogen-bond acceptors (Lipinski definition) is 3. The quantitative estimate of drug-likeness (QED) is 0.719. The summed E-state index contributed by atoms with van der Waals surface area (Å²) in [5, 5.41) is 3.66. The van der Waals surface area contributed by atoms with Crippen molar-refractivity contribution in [3.05, 3.63) is 54.7 Å². The van der Waals surface area contributed by atoms with Crippen LogP contribution in [0.1, 0.15) is 10.4 Å². The van der Waals surface area contributed by atoms with Gasteiger partial charge in [-0.3, -0.25) is 4.79 Å². The van der Waals surface area contributed by atoms with E-state index in [1.807, 2.05) is 24.4 Å². The number of nitrogens with zero attached hydrogens (tertiary/aromatic N) is 2. The van der Waals surface area contributed by atoms with E-state index in [1.54, 1.807) is 18.5 Å². The molecule has 88 valence electrons. The Bertz CT molecular complexity index is 690. The van der Waals surface area contributed by atoms with Gasteiger partial charge in [-0.1, -0.05) is 6.07 Å². The SMILES string of the molecule is O=C(Nc1cncnc1)c1cccc2[nH]ccc12. The summed E-state index contributed by atoms with van der Waals surface area (Å²) in [6.45, 7) is 0. The van der Waals surface area contributed by atoms with Crippen LogP contribution in [-0.4, -0.2) is 20.9 Å². The lowest BCUT2D eigenvalue weighted by Gasteiger charge is -2.05. The monoisotopic (exact) mass is 238 g/mol. The maximum Gasteiger partial charge on any atom is 0.256 e. The van der Waals surface area contributed by atoms with E-state index in [2.05, 4.69) is 20.3 Å². The second kappa shape index (κ2) is 4.29. The van der Waals surface area contributed by atoms with Crippen molar-refractivity contribution in [1.29, 1.82) is 0 Å². The van der Waals surface area contributed by atoms with Gasteiger partial charge in [0, 0.05) is 22.7 Å². The molecule has 2 heterocycles. The fourth-order valence-corrected chi connectivity index (χ4v) is 1.85. The first-order valence-corrected chi connectivity index (χ1v) is 5.47. The number of carbonyl (C=O) groups excluding carboxylic acids is 1. The maximum atomic E-state index is 12.1. The van der Waals surface area contributed by atoms with E-state index in [9.17, 15) is 4.79 Å². The van der Waals surface area contributed by atoms with E-state index >= 15 is 0 Å². The molecule has 5 nitrogen and oxygen atoms in total. The minimum atomic E-state index is -0.171. The van der Waals surface area contributed by atoms with Crippen molar-refractivity contribution in [3.63, 3.8) is 0 Å². The average molecular weight is 238 g/mol. The fourth-order valence-electron chi connectivity index (χ4n) is 1.85. The lowest BCUT2D eigenvalue weighted by molar-refractivity contribution is 0.102. The third kappa shape index (κ3) is 1.82. The van der Waals surface area contributed by atoms with Crippen LogP contribution in [-0.2, 0) is 0 Å². The van der Waals surface area contributed by atoms with Crippen molar-refractivity contribution in [2.24, 2.45) is 0 Å². The molecule has 3 aromatic rings. The molecule has 1 aromatic carbocycles. The average Bonchev–Trinajstić information content (AvgIpc) is 2.87. The number of amides is 1. The highest BCUT2D eigenvalue weighted by molar-refractivity contribution is 6.12. The predicted molar refractivity (Wildman–Crippen MR) is 68.3 cm³/mol. The topological polar surface area (TPSA) is 70.7 Å². The zero-order valence-electron chi connectivity index (χ0n) is 9.42. The smallest absolute Gasteiger partial charge is 0.256 e. The number of carbonyl (C=O) groups is 1. The molecule has 1 amide bonds. The molecule has 0 saturated carbocycles. The molecule has 2 N–H and O–H groups in total. The van der Waals surface area contributed by atoms with Crippen molar-refractivity contribution in [3.8, 4) is 0 Å². The molecule has 0 unspecified atom stereocenters. The molecular formula is C13H10N4O. The second-order valence-corrected chi connectivity index (χ2v) is 3.83. The molecule has 3 rings (SSSR count). The molecule has 0 radical (unpaired) electrons. The van der Waals surface area contributed by atoms with E-state index in [0.29, 0.717) is 11.3 Å². The van der Waals surface area contributed by atoms with E-state index < -0.39 is 0 Å². The lowest BCUT2D eigenvalue weighted by Crippen LogP contribution is -2.12. The van der Waals surface area contributed by atoms with Crippen molar-refractivity contribution in [2.75, 3.05) is 5.32 Å². The van der Waals surface area contributed by atoms with Crippen molar-refractivity contribution >= 4 is 22.5 Å². The van der Waals surface area contributed by atoms with Gasteiger partial charge >= 0.3 is 0 Å². The Hall–Kier alpha value is -2.69. The van der Waals surface area contributed by atoms with E-state index in [1.165, 1.54) is 6.33 Å². The number of aromatic amines is 1. The van der Waals surface area contributed by atoms with Crippen LogP contribution >= 0.6 is 0 Å². The van der Waals surface area contributed by atoms with Crippen LogP contribution in [0.2, 0.25) is 0 Å². The van der Waals surface area contributed by atoms with Gasteiger partial charge in [0.1, 0.15) is 6.33 Å². The van der Waals surface area contributed by atoms with Crippen molar-refractivity contribution in [1.82, 2.24) is 15.0 Å². The third-order valence-corrected chi connectivity index (χ3v) is 2.66. The standard InChI is InChI=1S/C13H10N4O/c18-13(17-9-6-14-8-15-7-9)11-2-1-3-12-10(11)4-5-16-12/h1-8,16H,(H,17,18). The molecule has 0 aliphatic rings. The van der Waals surface area contributed by atoms with E-state index in [4.69, 9.17) is 0 Å². The number of rotatable bonds is 2. The van der Waals surface area contributed by atoms with Gasteiger partial charge in [-0.05, 0) is 18.2 Å². The first-order valence-electron chi connectivity index (χ1n) is 5.47. The first kappa shape index (κ1) is 10.5. The molecule has 0 aliphatic heterocycles. The molecule has 18 heavy (non-hydrogen) atoms.